The SMILES string of the molecule is CC(=O)O[C@@H]1O[C@H](C)[C@@H](OC(C)=O)[C@H](O[C@@H]2O[C@H](C)[C@@H](OC(C)=O)[C@H](OC(C)=O)[C@H]2I)[C@H]1I. The van der Waals surface area contributed by atoms with Crippen molar-refractivity contribution in [2.75, 3.05) is 0 Å². The Bertz CT molecular complexity index is 748. The summed E-state index contributed by atoms with van der Waals surface area (Å²) in [7, 11) is 0. The highest BCUT2D eigenvalue weighted by molar-refractivity contribution is 14.1. The zero-order valence-corrected chi connectivity index (χ0v) is 23.3. The van der Waals surface area contributed by atoms with Gasteiger partial charge in [0.25, 0.3) is 0 Å². The second kappa shape index (κ2) is 12.3. The first-order chi connectivity index (χ1) is 15.3. The number of esters is 4. The molecule has 0 radical (unpaired) electrons. The molecule has 10 atom stereocenters. The molecule has 188 valence electrons. The quantitative estimate of drug-likeness (QED) is 0.174. The summed E-state index contributed by atoms with van der Waals surface area (Å²) in [5.74, 6) is -2.16. The Morgan fingerprint density at radius 3 is 1.39 bits per heavy atom. The predicted molar refractivity (Wildman–Crippen MR) is 128 cm³/mol. The van der Waals surface area contributed by atoms with E-state index in [2.05, 4.69) is 0 Å². The second-order valence-electron chi connectivity index (χ2n) is 7.74. The number of ether oxygens (including phenoxy) is 7. The molecular formula is C20H28I2O11. The number of halogens is 2. The van der Waals surface area contributed by atoms with Crippen molar-refractivity contribution in [1.29, 1.82) is 0 Å². The Hall–Kier alpha value is -0.780. The van der Waals surface area contributed by atoms with Gasteiger partial charge in [-0.2, -0.15) is 0 Å². The molecule has 33 heavy (non-hydrogen) atoms. The molecule has 0 aromatic carbocycles. The standard InChI is InChI=1S/C20H28I2O11/c1-7-15(29-9(3)23)17(31-11(5)25)13(21)20(28-7)33-18-14(22)19(32-12(6)26)27-8(2)16(18)30-10(4)24/h7-8,13-20H,1-6H3/t7-,8-,13-,14-,15-,16-,17-,18-,19+,20+/m1/s1. The van der Waals surface area contributed by atoms with Gasteiger partial charge in [0.2, 0.25) is 6.29 Å². The number of hydrogen-bond donors (Lipinski definition) is 0. The van der Waals surface area contributed by atoms with Gasteiger partial charge in [-0.3, -0.25) is 19.2 Å². The minimum Gasteiger partial charge on any atom is -0.457 e. The van der Waals surface area contributed by atoms with E-state index in [9.17, 15) is 19.2 Å². The van der Waals surface area contributed by atoms with Crippen LogP contribution in [0.4, 0.5) is 0 Å². The molecule has 2 saturated heterocycles. The lowest BCUT2D eigenvalue weighted by molar-refractivity contribution is -0.297. The van der Waals surface area contributed by atoms with E-state index in [0.717, 1.165) is 0 Å². The fourth-order valence-electron chi connectivity index (χ4n) is 3.64. The van der Waals surface area contributed by atoms with Crippen LogP contribution >= 0.6 is 45.2 Å². The van der Waals surface area contributed by atoms with E-state index < -0.39 is 80.9 Å². The van der Waals surface area contributed by atoms with Crippen LogP contribution in [0.3, 0.4) is 0 Å². The monoisotopic (exact) mass is 698 g/mol. The van der Waals surface area contributed by atoms with E-state index in [-0.39, 0.29) is 0 Å². The lowest BCUT2D eigenvalue weighted by Gasteiger charge is -2.47. The van der Waals surface area contributed by atoms with Crippen LogP contribution in [-0.4, -0.2) is 80.9 Å². The zero-order valence-electron chi connectivity index (χ0n) is 19.0. The highest BCUT2D eigenvalue weighted by Crippen LogP contribution is 2.37. The van der Waals surface area contributed by atoms with Crippen molar-refractivity contribution in [2.45, 2.75) is 98.6 Å². The summed E-state index contributed by atoms with van der Waals surface area (Å²) in [6.45, 7) is 8.38. The normalized spacial score (nSPS) is 38.7. The van der Waals surface area contributed by atoms with Crippen LogP contribution in [0.2, 0.25) is 0 Å². The molecule has 2 rings (SSSR count). The van der Waals surface area contributed by atoms with Crippen molar-refractivity contribution in [3.05, 3.63) is 0 Å². The van der Waals surface area contributed by atoms with Crippen molar-refractivity contribution in [3.63, 3.8) is 0 Å². The molecule has 11 nitrogen and oxygen atoms in total. The van der Waals surface area contributed by atoms with E-state index in [0.29, 0.717) is 0 Å². The molecule has 0 spiro atoms. The molecule has 2 heterocycles. The lowest BCUT2D eigenvalue weighted by Crippen LogP contribution is -2.62. The first-order valence-electron chi connectivity index (χ1n) is 10.2. The van der Waals surface area contributed by atoms with Crippen LogP contribution in [0.5, 0.6) is 0 Å². The van der Waals surface area contributed by atoms with Gasteiger partial charge in [-0.15, -0.1) is 0 Å². The van der Waals surface area contributed by atoms with Crippen molar-refractivity contribution in [3.8, 4) is 0 Å². The predicted octanol–water partition coefficient (Wildman–Crippen LogP) is 1.83. The van der Waals surface area contributed by atoms with Crippen LogP contribution in [-0.2, 0) is 52.3 Å². The fraction of sp³-hybridized carbons (Fsp3) is 0.800. The summed E-state index contributed by atoms with van der Waals surface area (Å²) in [6.07, 6.45) is -6.49. The summed E-state index contributed by atoms with van der Waals surface area (Å²) < 4.78 is 38.4. The van der Waals surface area contributed by atoms with Crippen LogP contribution < -0.4 is 0 Å². The molecule has 0 aliphatic carbocycles. The third-order valence-electron chi connectivity index (χ3n) is 4.90. The van der Waals surface area contributed by atoms with E-state index in [4.69, 9.17) is 33.2 Å². The number of hydrogen-bond acceptors (Lipinski definition) is 11. The van der Waals surface area contributed by atoms with E-state index in [1.165, 1.54) is 27.7 Å². The van der Waals surface area contributed by atoms with Gasteiger partial charge in [0.05, 0.1) is 12.2 Å². The Morgan fingerprint density at radius 1 is 0.576 bits per heavy atom. The third kappa shape index (κ3) is 7.60. The molecule has 2 fully saturated rings. The minimum absolute atomic E-state index is 0.532. The molecule has 0 unspecified atom stereocenters. The first-order valence-corrected chi connectivity index (χ1v) is 12.7. The van der Waals surface area contributed by atoms with E-state index >= 15 is 0 Å². The number of rotatable bonds is 6. The maximum absolute atomic E-state index is 11.7. The highest BCUT2D eigenvalue weighted by Gasteiger charge is 2.53. The maximum atomic E-state index is 11.7. The van der Waals surface area contributed by atoms with Crippen molar-refractivity contribution in [2.24, 2.45) is 0 Å². The molecule has 0 N–H and O–H groups in total. The summed E-state index contributed by atoms with van der Waals surface area (Å²) in [5, 5.41) is 0. The van der Waals surface area contributed by atoms with Gasteiger partial charge in [-0.1, -0.05) is 45.2 Å². The molecule has 2 aliphatic heterocycles. The Kier molecular flexibility index (Phi) is 10.6. The second-order valence-corrected chi connectivity index (χ2v) is 10.6. The molecule has 0 aromatic rings. The highest BCUT2D eigenvalue weighted by atomic mass is 127. The maximum Gasteiger partial charge on any atom is 0.304 e. The molecule has 2 aliphatic rings. The van der Waals surface area contributed by atoms with E-state index in [1.807, 2.05) is 45.2 Å². The van der Waals surface area contributed by atoms with Gasteiger partial charge >= 0.3 is 23.9 Å². The molecule has 0 bridgehead atoms. The van der Waals surface area contributed by atoms with Crippen LogP contribution in [0, 0.1) is 0 Å². The number of carbonyl (C=O) groups excluding carboxylic acids is 4. The fourth-order valence-corrected chi connectivity index (χ4v) is 5.43. The smallest absolute Gasteiger partial charge is 0.304 e. The van der Waals surface area contributed by atoms with Gasteiger partial charge < -0.3 is 33.2 Å². The van der Waals surface area contributed by atoms with Gasteiger partial charge in [0, 0.05) is 27.7 Å². The van der Waals surface area contributed by atoms with Gasteiger partial charge in [-0.25, -0.2) is 0 Å². The Balaban J connectivity index is 2.31. The van der Waals surface area contributed by atoms with E-state index in [1.54, 1.807) is 13.8 Å². The number of alkyl halides is 2. The Labute approximate surface area is 219 Å². The van der Waals surface area contributed by atoms with Gasteiger partial charge in [0.1, 0.15) is 14.0 Å². The number of carbonyl (C=O) groups is 4. The molecule has 0 saturated carbocycles. The van der Waals surface area contributed by atoms with Crippen LogP contribution in [0.1, 0.15) is 41.5 Å². The topological polar surface area (TPSA) is 133 Å². The molecular weight excluding hydrogens is 670 g/mol. The largest absolute Gasteiger partial charge is 0.457 e. The zero-order chi connectivity index (χ0) is 25.0. The minimum atomic E-state index is -0.943. The summed E-state index contributed by atoms with van der Waals surface area (Å²) in [4.78, 5) is 46.6. The summed E-state index contributed by atoms with van der Waals surface area (Å²) in [6, 6.07) is 0. The molecule has 13 heteroatoms. The first kappa shape index (κ1) is 28.5. The molecule has 0 aromatic heterocycles. The van der Waals surface area contributed by atoms with Crippen molar-refractivity contribution >= 4 is 69.1 Å². The summed E-state index contributed by atoms with van der Waals surface area (Å²) >= 11 is 4.02. The average Bonchev–Trinajstić information content (AvgIpc) is 2.67. The summed E-state index contributed by atoms with van der Waals surface area (Å²) in [5.41, 5.74) is 0. The van der Waals surface area contributed by atoms with Crippen molar-refractivity contribution in [1.82, 2.24) is 0 Å². The van der Waals surface area contributed by atoms with Crippen molar-refractivity contribution < 1.29 is 52.3 Å². The molecule has 0 amide bonds. The van der Waals surface area contributed by atoms with Crippen LogP contribution in [0.15, 0.2) is 0 Å². The Morgan fingerprint density at radius 2 is 0.939 bits per heavy atom. The van der Waals surface area contributed by atoms with Gasteiger partial charge in [-0.05, 0) is 13.8 Å². The average molecular weight is 698 g/mol. The lowest BCUT2D eigenvalue weighted by atomic mass is 9.99. The third-order valence-corrected chi connectivity index (χ3v) is 7.49. The van der Waals surface area contributed by atoms with Crippen LogP contribution in [0.25, 0.3) is 0 Å². The van der Waals surface area contributed by atoms with Gasteiger partial charge in [0.15, 0.2) is 24.6 Å².